The third kappa shape index (κ3) is 5.28. The Hall–Kier alpha value is -6.85. The molecule has 6 aromatic carbocycles. The number of aromatic nitrogens is 5. The summed E-state index contributed by atoms with van der Waals surface area (Å²) in [4.78, 5) is 24.1. The van der Waals surface area contributed by atoms with Crippen LogP contribution in [0.5, 0.6) is 0 Å². The zero-order chi connectivity index (χ0) is 35.5. The largest absolute Gasteiger partial charge is 0.264 e. The van der Waals surface area contributed by atoms with Gasteiger partial charge in [0, 0.05) is 58.0 Å². The molecule has 0 saturated carbocycles. The minimum absolute atomic E-state index is 0.0583. The second-order valence-electron chi connectivity index (χ2n) is 14.2. The first-order valence-corrected chi connectivity index (χ1v) is 17.9. The van der Waals surface area contributed by atoms with Crippen molar-refractivity contribution in [2.24, 2.45) is 0 Å². The Kier molecular flexibility index (Phi) is 7.08. The molecule has 0 N–H and O–H groups in total. The van der Waals surface area contributed by atoms with Crippen LogP contribution in [0.2, 0.25) is 0 Å². The highest BCUT2D eigenvalue weighted by molar-refractivity contribution is 6.11. The first-order valence-electron chi connectivity index (χ1n) is 17.9. The van der Waals surface area contributed by atoms with Crippen LogP contribution in [0, 0.1) is 0 Å². The lowest BCUT2D eigenvalue weighted by atomic mass is 9.81. The minimum Gasteiger partial charge on any atom is -0.264 e. The number of nitrogens with zero attached hydrogens (tertiary/aromatic N) is 5. The van der Waals surface area contributed by atoms with Crippen molar-refractivity contribution in [2.75, 3.05) is 0 Å². The monoisotopic (exact) mass is 679 g/mol. The maximum atomic E-state index is 5.16. The predicted molar refractivity (Wildman–Crippen MR) is 215 cm³/mol. The van der Waals surface area contributed by atoms with Crippen LogP contribution in [0.15, 0.2) is 164 Å². The minimum atomic E-state index is -0.0583. The summed E-state index contributed by atoms with van der Waals surface area (Å²) in [7, 11) is 0. The lowest BCUT2D eigenvalue weighted by Gasteiger charge is -2.21. The van der Waals surface area contributed by atoms with Crippen LogP contribution in [-0.4, -0.2) is 24.9 Å². The third-order valence-electron chi connectivity index (χ3n) is 10.7. The predicted octanol–water partition coefficient (Wildman–Crippen LogP) is 11.6. The van der Waals surface area contributed by atoms with E-state index in [1.54, 1.807) is 12.4 Å². The average molecular weight is 680 g/mol. The molecule has 0 unspecified atom stereocenters. The number of pyridine rings is 2. The van der Waals surface area contributed by atoms with Gasteiger partial charge in [-0.15, -0.1) is 0 Å². The fraction of sp³-hybridized carbons (Fsp3) is 0.0625. The van der Waals surface area contributed by atoms with Crippen LogP contribution >= 0.6 is 0 Å². The molecule has 0 saturated heterocycles. The lowest BCUT2D eigenvalue weighted by molar-refractivity contribution is 0.661. The van der Waals surface area contributed by atoms with Crippen LogP contribution in [0.1, 0.15) is 25.0 Å². The van der Waals surface area contributed by atoms with Crippen molar-refractivity contribution in [1.29, 1.82) is 0 Å². The molecule has 0 radical (unpaired) electrons. The van der Waals surface area contributed by atoms with E-state index in [-0.39, 0.29) is 5.41 Å². The van der Waals surface area contributed by atoms with Crippen molar-refractivity contribution >= 4 is 21.5 Å². The smallest absolute Gasteiger partial charge is 0.164 e. The fourth-order valence-corrected chi connectivity index (χ4v) is 7.90. The first kappa shape index (κ1) is 30.9. The van der Waals surface area contributed by atoms with Gasteiger partial charge in [-0.3, -0.25) is 9.97 Å². The fourth-order valence-electron chi connectivity index (χ4n) is 7.90. The summed E-state index contributed by atoms with van der Waals surface area (Å²) in [6.07, 6.45) is 7.33. The molecule has 9 aromatic rings. The van der Waals surface area contributed by atoms with Crippen LogP contribution in [0.4, 0.5) is 0 Å². The Bertz CT molecular complexity index is 2760. The SMILES string of the molecule is CC1(C)c2ccccc2-c2cc3c(ccc4ccc(-c5nc(-c6cccc(-c7cccnc7)c6)nc(-c6cccc(-c7cccnc7)c6)n5)cc43)cc21. The molecule has 250 valence electrons. The molecule has 0 atom stereocenters. The van der Waals surface area contributed by atoms with Crippen molar-refractivity contribution in [2.45, 2.75) is 19.3 Å². The number of hydrogen-bond donors (Lipinski definition) is 0. The van der Waals surface area contributed by atoms with Gasteiger partial charge in [-0.25, -0.2) is 15.0 Å². The van der Waals surface area contributed by atoms with E-state index in [2.05, 4.69) is 139 Å². The number of hydrogen-bond acceptors (Lipinski definition) is 5. The van der Waals surface area contributed by atoms with Gasteiger partial charge >= 0.3 is 0 Å². The van der Waals surface area contributed by atoms with Crippen LogP contribution in [0.25, 0.3) is 89.1 Å². The Morgan fingerprint density at radius 2 is 0.906 bits per heavy atom. The summed E-state index contributed by atoms with van der Waals surface area (Å²) < 4.78 is 0. The molecule has 10 rings (SSSR count). The maximum absolute atomic E-state index is 5.16. The molecule has 5 nitrogen and oxygen atoms in total. The summed E-state index contributed by atoms with van der Waals surface area (Å²) in [6.45, 7) is 4.66. The zero-order valence-corrected chi connectivity index (χ0v) is 29.3. The molecular formula is C48H33N5. The average Bonchev–Trinajstić information content (AvgIpc) is 3.45. The van der Waals surface area contributed by atoms with Gasteiger partial charge in [0.25, 0.3) is 0 Å². The topological polar surface area (TPSA) is 64.5 Å². The molecule has 0 bridgehead atoms. The zero-order valence-electron chi connectivity index (χ0n) is 29.3. The number of benzene rings is 6. The van der Waals surface area contributed by atoms with Gasteiger partial charge in [0.15, 0.2) is 17.5 Å². The molecule has 3 aromatic heterocycles. The van der Waals surface area contributed by atoms with Crippen molar-refractivity contribution in [3.8, 4) is 67.5 Å². The summed E-state index contributed by atoms with van der Waals surface area (Å²) >= 11 is 0. The summed E-state index contributed by atoms with van der Waals surface area (Å²) in [5, 5.41) is 4.80. The van der Waals surface area contributed by atoms with E-state index in [1.165, 1.54) is 43.8 Å². The van der Waals surface area contributed by atoms with Gasteiger partial charge in [0.05, 0.1) is 0 Å². The van der Waals surface area contributed by atoms with Crippen molar-refractivity contribution in [3.63, 3.8) is 0 Å². The van der Waals surface area contributed by atoms with Gasteiger partial charge in [0.1, 0.15) is 0 Å². The normalized spacial score (nSPS) is 12.9. The molecule has 53 heavy (non-hydrogen) atoms. The molecule has 1 aliphatic rings. The van der Waals surface area contributed by atoms with E-state index >= 15 is 0 Å². The summed E-state index contributed by atoms with van der Waals surface area (Å²) in [5.74, 6) is 1.84. The molecule has 1 aliphatic carbocycles. The lowest BCUT2D eigenvalue weighted by Crippen LogP contribution is -2.14. The van der Waals surface area contributed by atoms with E-state index < -0.39 is 0 Å². The van der Waals surface area contributed by atoms with Gasteiger partial charge in [-0.2, -0.15) is 0 Å². The van der Waals surface area contributed by atoms with E-state index in [9.17, 15) is 0 Å². The van der Waals surface area contributed by atoms with Crippen LogP contribution < -0.4 is 0 Å². The second kappa shape index (κ2) is 12.1. The Morgan fingerprint density at radius 3 is 1.53 bits per heavy atom. The van der Waals surface area contributed by atoms with E-state index in [4.69, 9.17) is 15.0 Å². The highest BCUT2D eigenvalue weighted by Gasteiger charge is 2.35. The molecule has 0 spiro atoms. The molecular weight excluding hydrogens is 647 g/mol. The molecule has 0 amide bonds. The molecule has 5 heteroatoms. The summed E-state index contributed by atoms with van der Waals surface area (Å²) in [5.41, 5.74) is 12.2. The summed E-state index contributed by atoms with van der Waals surface area (Å²) in [6, 6.07) is 49.3. The van der Waals surface area contributed by atoms with Crippen molar-refractivity contribution in [1.82, 2.24) is 24.9 Å². The van der Waals surface area contributed by atoms with Gasteiger partial charge in [-0.1, -0.05) is 111 Å². The third-order valence-corrected chi connectivity index (χ3v) is 10.7. The number of rotatable bonds is 5. The molecule has 0 fully saturated rings. The van der Waals surface area contributed by atoms with E-state index in [0.717, 1.165) is 38.9 Å². The van der Waals surface area contributed by atoms with Gasteiger partial charge in [0.2, 0.25) is 0 Å². The van der Waals surface area contributed by atoms with E-state index in [1.807, 2.05) is 36.7 Å². The highest BCUT2D eigenvalue weighted by Crippen LogP contribution is 2.50. The van der Waals surface area contributed by atoms with Crippen molar-refractivity contribution < 1.29 is 0 Å². The maximum Gasteiger partial charge on any atom is 0.164 e. The van der Waals surface area contributed by atoms with Gasteiger partial charge < -0.3 is 0 Å². The second-order valence-corrected chi connectivity index (χ2v) is 14.2. The van der Waals surface area contributed by atoms with E-state index in [0.29, 0.717) is 17.5 Å². The Balaban J connectivity index is 1.16. The van der Waals surface area contributed by atoms with Gasteiger partial charge in [-0.05, 0) is 97.4 Å². The van der Waals surface area contributed by atoms with Crippen molar-refractivity contribution in [3.05, 3.63) is 175 Å². The Labute approximate surface area is 307 Å². The van der Waals surface area contributed by atoms with Crippen LogP contribution in [-0.2, 0) is 5.41 Å². The molecule has 0 aliphatic heterocycles. The number of fused-ring (bicyclic) bond motifs is 6. The Morgan fingerprint density at radius 1 is 0.377 bits per heavy atom. The molecule has 3 heterocycles. The van der Waals surface area contributed by atoms with Crippen LogP contribution in [0.3, 0.4) is 0 Å². The first-order chi connectivity index (χ1) is 26.0. The highest BCUT2D eigenvalue weighted by atomic mass is 15.0. The quantitative estimate of drug-likeness (QED) is 0.169. The standard InChI is InChI=1S/C48H33N5/c1-48(2)43-16-4-3-15-39(43)42-27-41-33(26-44(42)48)19-17-30-18-20-36(25-40(30)41)47-52-45(34-11-5-9-31(23-34)37-13-7-21-49-28-37)51-46(53-47)35-12-6-10-32(24-35)38-14-8-22-50-29-38/h3-29H,1-2H3.